The molecule has 2 aromatic rings. The Kier molecular flexibility index (Phi) is 6.29. The van der Waals surface area contributed by atoms with E-state index in [1.807, 2.05) is 25.3 Å². The number of hydrogen-bond donors (Lipinski definition) is 2. The van der Waals surface area contributed by atoms with Crippen LogP contribution in [0.3, 0.4) is 0 Å². The van der Waals surface area contributed by atoms with Crippen LogP contribution in [0.2, 0.25) is 5.02 Å². The number of methoxy groups -OCH3 is 1. The van der Waals surface area contributed by atoms with Gasteiger partial charge in [-0.15, -0.1) is 11.3 Å². The van der Waals surface area contributed by atoms with Crippen molar-refractivity contribution in [2.75, 3.05) is 32.1 Å². The average molecular weight is 394 g/mol. The van der Waals surface area contributed by atoms with Crippen molar-refractivity contribution in [1.82, 2.24) is 10.3 Å². The number of ether oxygens (including phenoxy) is 1. The monoisotopic (exact) mass is 393 g/mol. The number of aryl methyl sites for hydroxylation is 1. The first-order chi connectivity index (χ1) is 12.5. The zero-order valence-corrected chi connectivity index (χ0v) is 16.7. The molecule has 2 N–H and O–H groups in total. The summed E-state index contributed by atoms with van der Waals surface area (Å²) >= 11 is 7.70. The molecule has 1 saturated heterocycles. The van der Waals surface area contributed by atoms with Crippen molar-refractivity contribution in [3.05, 3.63) is 45.4 Å². The maximum absolute atomic E-state index is 12.9. The molecule has 1 aliphatic rings. The zero-order valence-electron chi connectivity index (χ0n) is 15.1. The smallest absolute Gasteiger partial charge is 0.234 e. The lowest BCUT2D eigenvalue weighted by Crippen LogP contribution is -2.47. The summed E-state index contributed by atoms with van der Waals surface area (Å²) in [6.07, 6.45) is 4.11. The van der Waals surface area contributed by atoms with Gasteiger partial charge in [-0.05, 0) is 50.0 Å². The van der Waals surface area contributed by atoms with Crippen molar-refractivity contribution in [2.24, 2.45) is 5.41 Å². The lowest BCUT2D eigenvalue weighted by Gasteiger charge is -2.35. The van der Waals surface area contributed by atoms with Gasteiger partial charge in [0.1, 0.15) is 0 Å². The third kappa shape index (κ3) is 4.43. The summed E-state index contributed by atoms with van der Waals surface area (Å²) in [4.78, 5) is 18.3. The first-order valence-electron chi connectivity index (χ1n) is 8.73. The highest BCUT2D eigenvalue weighted by molar-refractivity contribution is 7.15. The molecule has 0 spiro atoms. The highest BCUT2D eigenvalue weighted by atomic mass is 35.5. The van der Waals surface area contributed by atoms with Gasteiger partial charge >= 0.3 is 0 Å². The number of nitrogens with one attached hydrogen (secondary N) is 2. The summed E-state index contributed by atoms with van der Waals surface area (Å²) in [6, 6.07) is 6.08. The zero-order chi connectivity index (χ0) is 18.6. The molecule has 3 rings (SSSR count). The number of carbonyl (C=O) groups is 1. The minimum absolute atomic E-state index is 0.000121. The molecule has 1 aliphatic heterocycles. The molecule has 0 bridgehead atoms. The SMILES string of the molecule is COCC1(C(=O)Nc2ncc(Cc3ccc(C)c(Cl)c3)s2)CCNCC1. The number of thiazole rings is 1. The number of nitrogens with zero attached hydrogens (tertiary/aromatic N) is 1. The Hall–Kier alpha value is -1.47. The Morgan fingerprint density at radius 2 is 2.19 bits per heavy atom. The van der Waals surface area contributed by atoms with Crippen LogP contribution in [-0.2, 0) is 16.0 Å². The molecule has 0 unspecified atom stereocenters. The summed E-state index contributed by atoms with van der Waals surface area (Å²) in [5.74, 6) is 0.000121. The van der Waals surface area contributed by atoms with E-state index in [1.54, 1.807) is 7.11 Å². The molecule has 26 heavy (non-hydrogen) atoms. The lowest BCUT2D eigenvalue weighted by atomic mass is 9.79. The van der Waals surface area contributed by atoms with Crippen molar-refractivity contribution < 1.29 is 9.53 Å². The van der Waals surface area contributed by atoms with Crippen LogP contribution in [0.4, 0.5) is 5.13 Å². The van der Waals surface area contributed by atoms with Crippen LogP contribution in [0.15, 0.2) is 24.4 Å². The summed E-state index contributed by atoms with van der Waals surface area (Å²) in [5, 5.41) is 7.70. The van der Waals surface area contributed by atoms with E-state index in [1.165, 1.54) is 11.3 Å². The Labute approximate surface area is 163 Å². The fourth-order valence-corrected chi connectivity index (χ4v) is 4.29. The Morgan fingerprint density at radius 1 is 1.42 bits per heavy atom. The van der Waals surface area contributed by atoms with Gasteiger partial charge in [0.15, 0.2) is 5.13 Å². The third-order valence-electron chi connectivity index (χ3n) is 4.85. The molecule has 2 heterocycles. The molecule has 0 saturated carbocycles. The van der Waals surface area contributed by atoms with Gasteiger partial charge < -0.3 is 15.4 Å². The molecule has 1 aromatic carbocycles. The lowest BCUT2D eigenvalue weighted by molar-refractivity contribution is -0.130. The van der Waals surface area contributed by atoms with E-state index in [0.29, 0.717) is 11.7 Å². The van der Waals surface area contributed by atoms with Crippen LogP contribution in [0, 0.1) is 12.3 Å². The molecule has 0 radical (unpaired) electrons. The summed E-state index contributed by atoms with van der Waals surface area (Å²) in [7, 11) is 1.64. The maximum atomic E-state index is 12.9. The van der Waals surface area contributed by atoms with Crippen molar-refractivity contribution in [1.29, 1.82) is 0 Å². The maximum Gasteiger partial charge on any atom is 0.234 e. The number of hydrogen-bond acceptors (Lipinski definition) is 5. The predicted molar refractivity (Wildman–Crippen MR) is 106 cm³/mol. The van der Waals surface area contributed by atoms with E-state index < -0.39 is 5.41 Å². The predicted octanol–water partition coefficient (Wildman–Crippen LogP) is 3.65. The Bertz CT molecular complexity index is 766. The van der Waals surface area contributed by atoms with Crippen molar-refractivity contribution in [3.63, 3.8) is 0 Å². The highest BCUT2D eigenvalue weighted by Gasteiger charge is 2.40. The molecule has 0 aliphatic carbocycles. The van der Waals surface area contributed by atoms with E-state index in [4.69, 9.17) is 16.3 Å². The molecular weight excluding hydrogens is 370 g/mol. The Balaban J connectivity index is 1.67. The van der Waals surface area contributed by atoms with E-state index >= 15 is 0 Å². The minimum Gasteiger partial charge on any atom is -0.384 e. The highest BCUT2D eigenvalue weighted by Crippen LogP contribution is 2.32. The minimum atomic E-state index is -0.476. The fraction of sp³-hybridized carbons (Fsp3) is 0.474. The van der Waals surface area contributed by atoms with E-state index in [2.05, 4.69) is 21.7 Å². The second-order valence-electron chi connectivity index (χ2n) is 6.81. The number of carbonyl (C=O) groups excluding carboxylic acids is 1. The van der Waals surface area contributed by atoms with Gasteiger partial charge in [0, 0.05) is 29.6 Å². The first-order valence-corrected chi connectivity index (χ1v) is 9.93. The normalized spacial score (nSPS) is 16.4. The average Bonchev–Trinajstić information content (AvgIpc) is 3.06. The van der Waals surface area contributed by atoms with Crippen molar-refractivity contribution in [3.8, 4) is 0 Å². The molecule has 140 valence electrons. The second kappa shape index (κ2) is 8.48. The first kappa shape index (κ1) is 19.3. The standard InChI is InChI=1S/C19H24ClN3O2S/c1-13-3-4-14(10-16(13)20)9-15-11-22-18(26-15)23-17(24)19(12-25-2)5-7-21-8-6-19/h3-4,10-11,21H,5-9,12H2,1-2H3,(H,22,23,24). The molecule has 5 nitrogen and oxygen atoms in total. The molecule has 1 fully saturated rings. The van der Waals surface area contributed by atoms with Gasteiger partial charge in [-0.2, -0.15) is 0 Å². The van der Waals surface area contributed by atoms with Gasteiger partial charge in [-0.25, -0.2) is 4.98 Å². The van der Waals surface area contributed by atoms with Crippen molar-refractivity contribution >= 4 is 34.0 Å². The van der Waals surface area contributed by atoms with Crippen LogP contribution >= 0.6 is 22.9 Å². The van der Waals surface area contributed by atoms with Crippen molar-refractivity contribution in [2.45, 2.75) is 26.2 Å². The quantitative estimate of drug-likeness (QED) is 0.786. The number of anilines is 1. The van der Waals surface area contributed by atoms with Gasteiger partial charge in [0.05, 0.1) is 12.0 Å². The number of benzene rings is 1. The Morgan fingerprint density at radius 3 is 2.88 bits per heavy atom. The second-order valence-corrected chi connectivity index (χ2v) is 8.33. The molecule has 7 heteroatoms. The number of halogens is 1. The van der Waals surface area contributed by atoms with E-state index in [0.717, 1.165) is 53.4 Å². The van der Waals surface area contributed by atoms with Crippen LogP contribution in [0.25, 0.3) is 0 Å². The van der Waals surface area contributed by atoms with Crippen LogP contribution in [0.1, 0.15) is 28.8 Å². The number of amides is 1. The van der Waals surface area contributed by atoms with Gasteiger partial charge in [-0.1, -0.05) is 23.7 Å². The van der Waals surface area contributed by atoms with Gasteiger partial charge in [0.2, 0.25) is 5.91 Å². The summed E-state index contributed by atoms with van der Waals surface area (Å²) in [6.45, 7) is 4.08. The van der Waals surface area contributed by atoms with Crippen LogP contribution in [-0.4, -0.2) is 37.7 Å². The summed E-state index contributed by atoms with van der Waals surface area (Å²) < 4.78 is 5.33. The van der Waals surface area contributed by atoms with Gasteiger partial charge in [-0.3, -0.25) is 4.79 Å². The van der Waals surface area contributed by atoms with E-state index in [-0.39, 0.29) is 5.91 Å². The number of aromatic nitrogens is 1. The largest absolute Gasteiger partial charge is 0.384 e. The molecule has 1 amide bonds. The van der Waals surface area contributed by atoms with Gasteiger partial charge in [0.25, 0.3) is 0 Å². The molecule has 1 aromatic heterocycles. The fourth-order valence-electron chi connectivity index (χ4n) is 3.24. The van der Waals surface area contributed by atoms with Crippen LogP contribution in [0.5, 0.6) is 0 Å². The topological polar surface area (TPSA) is 63.2 Å². The molecular formula is C19H24ClN3O2S. The van der Waals surface area contributed by atoms with Crippen LogP contribution < -0.4 is 10.6 Å². The summed E-state index contributed by atoms with van der Waals surface area (Å²) in [5.41, 5.74) is 1.73. The van der Waals surface area contributed by atoms with E-state index in [9.17, 15) is 4.79 Å². The molecule has 0 atom stereocenters. The third-order valence-corrected chi connectivity index (χ3v) is 6.17. The number of piperidine rings is 1. The number of rotatable bonds is 6.